The average Bonchev–Trinajstić information content (AvgIpc) is 3.10. The number of nitrogen functional groups attached to an aromatic ring is 2. The lowest BCUT2D eigenvalue weighted by molar-refractivity contribution is 0.277. The number of thiazole rings is 1. The molecule has 0 atom stereocenters. The Balaban J connectivity index is 1.82. The minimum atomic E-state index is -0.502. The molecule has 0 saturated heterocycles. The van der Waals surface area contributed by atoms with Crippen molar-refractivity contribution in [2.24, 2.45) is 0 Å². The largest absolute Gasteiger partial charge is 0.490 e. The molecule has 160 valence electrons. The molecule has 6 nitrogen and oxygen atoms in total. The van der Waals surface area contributed by atoms with Crippen molar-refractivity contribution in [3.05, 3.63) is 40.7 Å². The Bertz CT molecular complexity index is 979. The quantitative estimate of drug-likeness (QED) is 0.257. The van der Waals surface area contributed by atoms with E-state index in [0.29, 0.717) is 22.5 Å². The Hall–Kier alpha value is -2.46. The van der Waals surface area contributed by atoms with E-state index in [4.69, 9.17) is 21.2 Å². The van der Waals surface area contributed by atoms with Gasteiger partial charge in [-0.1, -0.05) is 25.1 Å². The zero-order valence-corrected chi connectivity index (χ0v) is 18.2. The number of aromatic nitrogens is 3. The van der Waals surface area contributed by atoms with Crippen molar-refractivity contribution in [2.75, 3.05) is 24.7 Å². The van der Waals surface area contributed by atoms with Crippen LogP contribution >= 0.6 is 23.1 Å². The van der Waals surface area contributed by atoms with Gasteiger partial charge in [0.25, 0.3) is 0 Å². The van der Waals surface area contributed by atoms with Crippen LogP contribution in [-0.4, -0.2) is 28.2 Å². The molecule has 0 radical (unpaired) electrons. The third-order valence-corrected chi connectivity index (χ3v) is 6.12. The predicted molar refractivity (Wildman–Crippen MR) is 118 cm³/mol. The van der Waals surface area contributed by atoms with Crippen molar-refractivity contribution in [1.82, 2.24) is 15.0 Å². The van der Waals surface area contributed by atoms with E-state index in [2.05, 4.69) is 16.9 Å². The number of alkyl halides is 1. The number of halogens is 2. The number of nitrogens with zero attached hydrogens (tertiary/aromatic N) is 3. The first-order chi connectivity index (χ1) is 14.5. The number of nitrogens with two attached hydrogens (primary N) is 2. The molecule has 0 saturated carbocycles. The lowest BCUT2D eigenvalue weighted by atomic mass is 10.2. The Labute approximate surface area is 182 Å². The van der Waals surface area contributed by atoms with Crippen LogP contribution in [0, 0.1) is 5.82 Å². The van der Waals surface area contributed by atoms with Gasteiger partial charge in [-0.3, -0.25) is 4.39 Å². The summed E-state index contributed by atoms with van der Waals surface area (Å²) in [5.74, 6) is 0.840. The molecular weight excluding hydrogens is 428 g/mol. The fraction of sp³-hybridized carbons (Fsp3) is 0.350. The van der Waals surface area contributed by atoms with Crippen LogP contribution < -0.4 is 16.2 Å². The molecule has 0 aliphatic rings. The second-order valence-electron chi connectivity index (χ2n) is 6.46. The zero-order valence-electron chi connectivity index (χ0n) is 16.5. The number of aryl methyl sites for hydroxylation is 1. The lowest BCUT2D eigenvalue weighted by Gasteiger charge is -2.07. The van der Waals surface area contributed by atoms with Crippen molar-refractivity contribution in [3.8, 4) is 16.3 Å². The molecule has 1 aromatic carbocycles. The molecule has 0 aliphatic heterocycles. The van der Waals surface area contributed by atoms with Crippen LogP contribution in [0.3, 0.4) is 0 Å². The molecular formula is C20H23F2N5OS2. The fourth-order valence-electron chi connectivity index (χ4n) is 2.69. The van der Waals surface area contributed by atoms with Crippen molar-refractivity contribution in [1.29, 1.82) is 0 Å². The van der Waals surface area contributed by atoms with Crippen molar-refractivity contribution >= 4 is 34.7 Å². The van der Waals surface area contributed by atoms with E-state index in [1.165, 1.54) is 23.9 Å². The summed E-state index contributed by atoms with van der Waals surface area (Å²) >= 11 is 2.98. The first-order valence-corrected chi connectivity index (χ1v) is 11.3. The van der Waals surface area contributed by atoms with Crippen molar-refractivity contribution in [2.45, 2.75) is 37.1 Å². The van der Waals surface area contributed by atoms with Crippen LogP contribution in [0.25, 0.3) is 10.6 Å². The highest BCUT2D eigenvalue weighted by Gasteiger charge is 2.15. The maximum Gasteiger partial charge on any atom is 0.191 e. The number of hydrogen-bond acceptors (Lipinski definition) is 8. The van der Waals surface area contributed by atoms with Crippen molar-refractivity contribution in [3.63, 3.8) is 0 Å². The van der Waals surface area contributed by atoms with Crippen LogP contribution in [0.2, 0.25) is 0 Å². The summed E-state index contributed by atoms with van der Waals surface area (Å²) in [7, 11) is 0. The second kappa shape index (κ2) is 10.5. The lowest BCUT2D eigenvalue weighted by Crippen LogP contribution is -2.00. The van der Waals surface area contributed by atoms with Gasteiger partial charge in [0.05, 0.1) is 19.0 Å². The molecule has 30 heavy (non-hydrogen) atoms. The molecule has 3 rings (SSSR count). The third-order valence-electron chi connectivity index (χ3n) is 4.05. The van der Waals surface area contributed by atoms with Gasteiger partial charge in [-0.25, -0.2) is 19.3 Å². The molecule has 4 N–H and O–H groups in total. The minimum absolute atomic E-state index is 0.104. The highest BCUT2D eigenvalue weighted by molar-refractivity contribution is 7.98. The Morgan fingerprint density at radius 1 is 1.13 bits per heavy atom. The van der Waals surface area contributed by atoms with Crippen molar-refractivity contribution < 1.29 is 13.5 Å². The summed E-state index contributed by atoms with van der Waals surface area (Å²) in [4.78, 5) is 14.3. The van der Waals surface area contributed by atoms with E-state index in [1.807, 2.05) is 0 Å². The number of anilines is 2. The second-order valence-corrected chi connectivity index (χ2v) is 8.49. The summed E-state index contributed by atoms with van der Waals surface area (Å²) in [5, 5.41) is 1.27. The summed E-state index contributed by atoms with van der Waals surface area (Å²) in [6.07, 6.45) is 2.08. The Morgan fingerprint density at radius 3 is 2.60 bits per heavy atom. The SMILES string of the molecule is CCCc1sc(-c2ccc(F)c(OCCCF)c2)nc1CSc1nc(N)cc(N)n1. The van der Waals surface area contributed by atoms with Gasteiger partial charge in [0.15, 0.2) is 16.7 Å². The van der Waals surface area contributed by atoms with Gasteiger partial charge in [0, 0.05) is 28.7 Å². The van der Waals surface area contributed by atoms with Crippen LogP contribution in [-0.2, 0) is 12.2 Å². The molecule has 0 aliphatic carbocycles. The fourth-order valence-corrected chi connectivity index (χ4v) is 4.80. The smallest absolute Gasteiger partial charge is 0.191 e. The van der Waals surface area contributed by atoms with E-state index >= 15 is 0 Å². The molecule has 10 heteroatoms. The van der Waals surface area contributed by atoms with Gasteiger partial charge in [0.2, 0.25) is 0 Å². The van der Waals surface area contributed by atoms with Crippen LogP contribution in [0.1, 0.15) is 30.3 Å². The number of thioether (sulfide) groups is 1. The van der Waals surface area contributed by atoms with Crippen LogP contribution in [0.4, 0.5) is 20.4 Å². The number of benzene rings is 1. The molecule has 0 unspecified atom stereocenters. The highest BCUT2D eigenvalue weighted by Crippen LogP contribution is 2.34. The minimum Gasteiger partial charge on any atom is -0.490 e. The maximum absolute atomic E-state index is 14.0. The van der Waals surface area contributed by atoms with Gasteiger partial charge in [-0.05, 0) is 24.6 Å². The summed E-state index contributed by atoms with van der Waals surface area (Å²) < 4.78 is 31.7. The van der Waals surface area contributed by atoms with E-state index in [-0.39, 0.29) is 18.8 Å². The van der Waals surface area contributed by atoms with E-state index in [0.717, 1.165) is 34.0 Å². The average molecular weight is 452 g/mol. The Kier molecular flexibility index (Phi) is 7.81. The summed E-state index contributed by atoms with van der Waals surface area (Å²) in [6.45, 7) is 1.73. The van der Waals surface area contributed by atoms with Gasteiger partial charge in [-0.15, -0.1) is 11.3 Å². The first kappa shape index (κ1) is 22.2. The van der Waals surface area contributed by atoms with Gasteiger partial charge >= 0.3 is 0 Å². The van der Waals surface area contributed by atoms with Gasteiger partial charge in [-0.2, -0.15) is 0 Å². The van der Waals surface area contributed by atoms with Crippen LogP contribution in [0.15, 0.2) is 29.4 Å². The zero-order chi connectivity index (χ0) is 21.5. The van der Waals surface area contributed by atoms with E-state index < -0.39 is 12.5 Å². The Morgan fingerprint density at radius 2 is 1.90 bits per heavy atom. The molecule has 2 heterocycles. The molecule has 0 fully saturated rings. The van der Waals surface area contributed by atoms with E-state index in [9.17, 15) is 8.78 Å². The van der Waals surface area contributed by atoms with Crippen LogP contribution in [0.5, 0.6) is 5.75 Å². The number of ether oxygens (including phenoxy) is 1. The molecule has 3 aromatic rings. The normalized spacial score (nSPS) is 11.0. The van der Waals surface area contributed by atoms with Gasteiger partial charge in [0.1, 0.15) is 16.6 Å². The third kappa shape index (κ3) is 5.79. The number of rotatable bonds is 10. The molecule has 0 amide bonds. The molecule has 0 spiro atoms. The van der Waals surface area contributed by atoms with E-state index in [1.54, 1.807) is 23.5 Å². The first-order valence-electron chi connectivity index (χ1n) is 9.50. The summed E-state index contributed by atoms with van der Waals surface area (Å²) in [6, 6.07) is 6.14. The van der Waals surface area contributed by atoms with Gasteiger partial charge < -0.3 is 16.2 Å². The number of hydrogen-bond donors (Lipinski definition) is 2. The monoisotopic (exact) mass is 451 g/mol. The maximum atomic E-state index is 14.0. The predicted octanol–water partition coefficient (Wildman–Crippen LogP) is 4.89. The standard InChI is InChI=1S/C20H23F2N5OS2/c1-2-4-16-14(11-29-20-26-17(23)10-18(24)27-20)25-19(30-16)12-5-6-13(22)15(9-12)28-8-3-7-21/h5-6,9-10H,2-4,7-8,11H2,1H3,(H4,23,24,26,27). The topological polar surface area (TPSA) is 99.9 Å². The molecule has 2 aromatic heterocycles. The summed E-state index contributed by atoms with van der Waals surface area (Å²) in [5.41, 5.74) is 13.2. The molecule has 0 bridgehead atoms. The highest BCUT2D eigenvalue weighted by atomic mass is 32.2.